The summed E-state index contributed by atoms with van der Waals surface area (Å²) in [5.41, 5.74) is 2.44. The normalized spacial score (nSPS) is 11.1. The third-order valence-corrected chi connectivity index (χ3v) is 2.28. The number of rotatable bonds is 4. The van der Waals surface area contributed by atoms with E-state index >= 15 is 0 Å². The Balaban J connectivity index is 2.62. The van der Waals surface area contributed by atoms with Crippen molar-refractivity contribution in [3.8, 4) is 0 Å². The molecule has 0 saturated carbocycles. The number of halogens is 1. The van der Waals surface area contributed by atoms with Gasteiger partial charge in [-0.15, -0.1) is 0 Å². The molecular formula is C12H16ClN. The lowest BCUT2D eigenvalue weighted by atomic mass is 10.1. The van der Waals surface area contributed by atoms with E-state index in [-0.39, 0.29) is 0 Å². The van der Waals surface area contributed by atoms with Crippen molar-refractivity contribution in [1.82, 2.24) is 5.32 Å². The average Bonchev–Trinajstić information content (AvgIpc) is 2.15. The van der Waals surface area contributed by atoms with Gasteiger partial charge in [0.05, 0.1) is 0 Å². The molecule has 0 amide bonds. The van der Waals surface area contributed by atoms with E-state index in [2.05, 4.69) is 31.3 Å². The molecule has 0 fully saturated rings. The number of nitrogens with one attached hydrogen (secondary N) is 1. The van der Waals surface area contributed by atoms with E-state index in [1.165, 1.54) is 11.1 Å². The molecular weight excluding hydrogens is 194 g/mol. The number of hydrogen-bond donors (Lipinski definition) is 1. The second-order valence-corrected chi connectivity index (χ2v) is 3.65. The summed E-state index contributed by atoms with van der Waals surface area (Å²) in [6.45, 7) is 6.09. The fourth-order valence-corrected chi connectivity index (χ4v) is 1.47. The summed E-state index contributed by atoms with van der Waals surface area (Å²) in [6.07, 6.45) is 4.24. The van der Waals surface area contributed by atoms with Gasteiger partial charge >= 0.3 is 0 Å². The standard InChI is InChI=1S/C12H16ClN/c1-3-14-8-4-5-11-6-7-12(13)9-10(11)2/h4-7,9,14H,3,8H2,1-2H3/b5-4+. The lowest BCUT2D eigenvalue weighted by Crippen LogP contribution is -2.11. The molecule has 0 atom stereocenters. The highest BCUT2D eigenvalue weighted by Crippen LogP contribution is 2.15. The first-order valence-electron chi connectivity index (χ1n) is 4.87. The smallest absolute Gasteiger partial charge is 0.0409 e. The highest BCUT2D eigenvalue weighted by molar-refractivity contribution is 6.30. The highest BCUT2D eigenvalue weighted by Gasteiger charge is 1.94. The van der Waals surface area contributed by atoms with Gasteiger partial charge in [-0.05, 0) is 36.7 Å². The lowest BCUT2D eigenvalue weighted by molar-refractivity contribution is 0.801. The summed E-state index contributed by atoms with van der Waals surface area (Å²) >= 11 is 5.86. The Labute approximate surface area is 90.8 Å². The summed E-state index contributed by atoms with van der Waals surface area (Å²) < 4.78 is 0. The van der Waals surface area contributed by atoms with Crippen molar-refractivity contribution in [2.75, 3.05) is 13.1 Å². The maximum absolute atomic E-state index is 5.86. The zero-order valence-corrected chi connectivity index (χ0v) is 9.43. The lowest BCUT2D eigenvalue weighted by Gasteiger charge is -2.00. The Morgan fingerprint density at radius 1 is 1.43 bits per heavy atom. The van der Waals surface area contributed by atoms with Gasteiger partial charge in [-0.2, -0.15) is 0 Å². The Kier molecular flexibility index (Phi) is 4.71. The van der Waals surface area contributed by atoms with E-state index in [0.717, 1.165) is 18.1 Å². The molecule has 0 spiro atoms. The second kappa shape index (κ2) is 5.84. The predicted octanol–water partition coefficient (Wildman–Crippen LogP) is 3.27. The van der Waals surface area contributed by atoms with Crippen LogP contribution in [0.3, 0.4) is 0 Å². The van der Waals surface area contributed by atoms with Gasteiger partial charge in [0, 0.05) is 11.6 Å². The number of benzene rings is 1. The maximum atomic E-state index is 5.86. The zero-order chi connectivity index (χ0) is 10.4. The average molecular weight is 210 g/mol. The molecule has 0 heterocycles. The number of likely N-dealkylation sites (N-methyl/N-ethyl adjacent to an activating group) is 1. The molecule has 0 radical (unpaired) electrons. The van der Waals surface area contributed by atoms with Crippen LogP contribution in [0.15, 0.2) is 24.3 Å². The van der Waals surface area contributed by atoms with Crippen LogP contribution in [-0.2, 0) is 0 Å². The molecule has 1 nitrogen and oxygen atoms in total. The minimum Gasteiger partial charge on any atom is -0.314 e. The van der Waals surface area contributed by atoms with Crippen LogP contribution >= 0.6 is 11.6 Å². The minimum absolute atomic E-state index is 0.798. The monoisotopic (exact) mass is 209 g/mol. The zero-order valence-electron chi connectivity index (χ0n) is 8.68. The molecule has 0 aliphatic carbocycles. The van der Waals surface area contributed by atoms with Crippen molar-refractivity contribution in [3.63, 3.8) is 0 Å². The fourth-order valence-electron chi connectivity index (χ4n) is 1.24. The Morgan fingerprint density at radius 3 is 2.86 bits per heavy atom. The van der Waals surface area contributed by atoms with Crippen LogP contribution in [0.2, 0.25) is 5.02 Å². The Morgan fingerprint density at radius 2 is 2.21 bits per heavy atom. The molecule has 0 aromatic heterocycles. The van der Waals surface area contributed by atoms with Crippen molar-refractivity contribution in [2.45, 2.75) is 13.8 Å². The molecule has 0 aliphatic heterocycles. The van der Waals surface area contributed by atoms with Crippen LogP contribution in [0.1, 0.15) is 18.1 Å². The first kappa shape index (κ1) is 11.3. The molecule has 14 heavy (non-hydrogen) atoms. The SMILES string of the molecule is CCNC/C=C/c1ccc(Cl)cc1C. The third-order valence-electron chi connectivity index (χ3n) is 2.04. The minimum atomic E-state index is 0.798. The molecule has 1 aromatic rings. The topological polar surface area (TPSA) is 12.0 Å². The molecule has 0 aliphatic rings. The maximum Gasteiger partial charge on any atom is 0.0409 e. The molecule has 0 unspecified atom stereocenters. The van der Waals surface area contributed by atoms with E-state index in [9.17, 15) is 0 Å². The summed E-state index contributed by atoms with van der Waals surface area (Å²) in [4.78, 5) is 0. The summed E-state index contributed by atoms with van der Waals surface area (Å²) in [6, 6.07) is 5.94. The second-order valence-electron chi connectivity index (χ2n) is 3.21. The molecule has 1 N–H and O–H groups in total. The quantitative estimate of drug-likeness (QED) is 0.751. The van der Waals surface area contributed by atoms with Crippen molar-refractivity contribution in [3.05, 3.63) is 40.4 Å². The first-order chi connectivity index (χ1) is 6.74. The van der Waals surface area contributed by atoms with E-state index in [1.54, 1.807) is 0 Å². The largest absolute Gasteiger partial charge is 0.314 e. The number of hydrogen-bond acceptors (Lipinski definition) is 1. The van der Waals surface area contributed by atoms with E-state index in [1.807, 2.05) is 18.2 Å². The van der Waals surface area contributed by atoms with Gasteiger partial charge in [-0.3, -0.25) is 0 Å². The van der Waals surface area contributed by atoms with Crippen molar-refractivity contribution >= 4 is 17.7 Å². The Bertz CT molecular complexity index is 318. The van der Waals surface area contributed by atoms with Crippen LogP contribution in [0.25, 0.3) is 6.08 Å². The van der Waals surface area contributed by atoms with Gasteiger partial charge in [0.15, 0.2) is 0 Å². The van der Waals surface area contributed by atoms with Crippen LogP contribution in [0.4, 0.5) is 0 Å². The molecule has 1 rings (SSSR count). The van der Waals surface area contributed by atoms with Gasteiger partial charge in [0.25, 0.3) is 0 Å². The van der Waals surface area contributed by atoms with Crippen LogP contribution in [0.5, 0.6) is 0 Å². The van der Waals surface area contributed by atoms with E-state index in [4.69, 9.17) is 11.6 Å². The van der Waals surface area contributed by atoms with Crippen LogP contribution in [-0.4, -0.2) is 13.1 Å². The van der Waals surface area contributed by atoms with E-state index in [0.29, 0.717) is 0 Å². The van der Waals surface area contributed by atoms with Crippen molar-refractivity contribution in [1.29, 1.82) is 0 Å². The van der Waals surface area contributed by atoms with Crippen LogP contribution < -0.4 is 5.32 Å². The van der Waals surface area contributed by atoms with Gasteiger partial charge in [-0.1, -0.05) is 36.7 Å². The van der Waals surface area contributed by atoms with Gasteiger partial charge in [0.2, 0.25) is 0 Å². The molecule has 2 heteroatoms. The van der Waals surface area contributed by atoms with Crippen molar-refractivity contribution < 1.29 is 0 Å². The van der Waals surface area contributed by atoms with Gasteiger partial charge in [-0.25, -0.2) is 0 Å². The molecule has 1 aromatic carbocycles. The highest BCUT2D eigenvalue weighted by atomic mass is 35.5. The number of aryl methyl sites for hydroxylation is 1. The van der Waals surface area contributed by atoms with Crippen molar-refractivity contribution in [2.24, 2.45) is 0 Å². The molecule has 0 saturated heterocycles. The molecule has 0 bridgehead atoms. The van der Waals surface area contributed by atoms with E-state index < -0.39 is 0 Å². The predicted molar refractivity (Wildman–Crippen MR) is 63.8 cm³/mol. The molecule has 76 valence electrons. The summed E-state index contributed by atoms with van der Waals surface area (Å²) in [5.74, 6) is 0. The summed E-state index contributed by atoms with van der Waals surface area (Å²) in [5, 5.41) is 4.03. The Hall–Kier alpha value is -0.790. The van der Waals surface area contributed by atoms with Gasteiger partial charge in [0.1, 0.15) is 0 Å². The van der Waals surface area contributed by atoms with Gasteiger partial charge < -0.3 is 5.32 Å². The summed E-state index contributed by atoms with van der Waals surface area (Å²) in [7, 11) is 0. The first-order valence-corrected chi connectivity index (χ1v) is 5.25. The third kappa shape index (κ3) is 3.52. The fraction of sp³-hybridized carbons (Fsp3) is 0.333. The van der Waals surface area contributed by atoms with Crippen LogP contribution in [0, 0.1) is 6.92 Å².